The summed E-state index contributed by atoms with van der Waals surface area (Å²) in [6, 6.07) is 7.47. The molecule has 0 spiro atoms. The number of alkyl halides is 2. The minimum absolute atomic E-state index is 0. The Morgan fingerprint density at radius 1 is 0.511 bits per heavy atom. The van der Waals surface area contributed by atoms with Crippen molar-refractivity contribution in [3.63, 3.8) is 0 Å². The predicted molar refractivity (Wildman–Crippen MR) is 166 cm³/mol. The van der Waals surface area contributed by atoms with E-state index in [-0.39, 0.29) is 44.3 Å². The molecule has 0 aliphatic heterocycles. The summed E-state index contributed by atoms with van der Waals surface area (Å²) in [6.07, 6.45) is 35.5. The topological polar surface area (TPSA) is 71.3 Å². The third-order valence-electron chi connectivity index (χ3n) is 7.03. The fourth-order valence-electron chi connectivity index (χ4n) is 5.32. The van der Waals surface area contributed by atoms with Crippen molar-refractivity contribution in [3.05, 3.63) is 122 Å². The normalized spacial score (nSPS) is 22.0. The minimum atomic E-state index is -10.7. The quantitative estimate of drug-likeness (QED) is 0.0677. The summed E-state index contributed by atoms with van der Waals surface area (Å²) in [5.41, 5.74) is 0. The van der Waals surface area contributed by atoms with Gasteiger partial charge in [-0.2, -0.15) is 0 Å². The Balaban J connectivity index is 0.000000243. The summed E-state index contributed by atoms with van der Waals surface area (Å²) < 4.78 is 66.4. The molecule has 8 nitrogen and oxygen atoms in total. The van der Waals surface area contributed by atoms with Gasteiger partial charge in [0.1, 0.15) is 0 Å². The van der Waals surface area contributed by atoms with Crippen LogP contribution in [0.5, 0.6) is 0 Å². The molecule has 0 atom stereocenters. The average Bonchev–Trinajstić information content (AvgIpc) is 3.85. The van der Waals surface area contributed by atoms with Crippen LogP contribution in [0.3, 0.4) is 0 Å². The van der Waals surface area contributed by atoms with E-state index in [1.807, 2.05) is 67.4 Å². The molecule has 4 aromatic rings. The van der Waals surface area contributed by atoms with Crippen molar-refractivity contribution < 1.29 is 64.1 Å². The molecule has 20 heteroatoms. The molecular weight excluding hydrogens is 869 g/mol. The van der Waals surface area contributed by atoms with Gasteiger partial charge in [-0.05, 0) is 85.6 Å². The average molecular weight is 899 g/mol. The monoisotopic (exact) mass is 898 g/mol. The molecule has 0 amide bonds. The van der Waals surface area contributed by atoms with Crippen LogP contribution >= 0.6 is 31.0 Å². The van der Waals surface area contributed by atoms with Gasteiger partial charge in [0.05, 0.1) is 5.34 Å². The summed E-state index contributed by atoms with van der Waals surface area (Å²) in [7, 11) is -10.7. The summed E-state index contributed by atoms with van der Waals surface area (Å²) in [5.74, 6) is 3.24. The smallest absolute Gasteiger partial charge is 0.379 e. The van der Waals surface area contributed by atoms with Crippen LogP contribution in [0.15, 0.2) is 122 Å². The SMILES string of the molecule is C1=CC2C=CC1C2.C1=CC2C=CC1C2.ClCCl.F[P-](F)(F)(F)(F)F.[Rh].[Rh].c1cnn([B-](n2cccn2)(n2cccn2)n2cccn2)c1. The number of nitrogens with zero attached hydrogens (tertiary/aromatic N) is 8. The zero-order valence-corrected chi connectivity index (χ0v) is 30.0. The van der Waals surface area contributed by atoms with Gasteiger partial charge in [0.2, 0.25) is 0 Å². The molecule has 4 aliphatic carbocycles. The Labute approximate surface area is 303 Å². The molecule has 0 unspecified atom stereocenters. The zero-order chi connectivity index (χ0) is 32.6. The molecule has 0 saturated heterocycles. The Kier molecular flexibility index (Phi) is 14.3. The van der Waals surface area contributed by atoms with E-state index in [0.29, 0.717) is 0 Å². The van der Waals surface area contributed by atoms with E-state index in [0.717, 1.165) is 23.7 Å². The van der Waals surface area contributed by atoms with Gasteiger partial charge in [0, 0.05) is 63.7 Å². The molecular formula is C27H30BCl2F6N8PRh2-2. The van der Waals surface area contributed by atoms with Gasteiger partial charge in [-0.3, -0.25) is 0 Å². The molecule has 262 valence electrons. The zero-order valence-electron chi connectivity index (χ0n) is 24.3. The summed E-state index contributed by atoms with van der Waals surface area (Å²) in [4.78, 5) is 0. The van der Waals surface area contributed by atoms with Crippen molar-refractivity contribution in [3.8, 4) is 0 Å². The Bertz CT molecular complexity index is 1340. The summed E-state index contributed by atoms with van der Waals surface area (Å²) in [6.45, 7) is -1.83. The first kappa shape index (κ1) is 40.9. The largest absolute Gasteiger partial charge is 0.466 e. The van der Waals surface area contributed by atoms with Gasteiger partial charge in [-0.25, -0.2) is 20.4 Å². The van der Waals surface area contributed by atoms with E-state index in [9.17, 15) is 25.2 Å². The molecule has 2 radical (unpaired) electrons. The molecule has 0 N–H and O–H groups in total. The fourth-order valence-corrected chi connectivity index (χ4v) is 5.32. The number of fused-ring (bicyclic) bond motifs is 4. The van der Waals surface area contributed by atoms with Crippen LogP contribution in [0, 0.1) is 23.7 Å². The number of hydrogen-bond donors (Lipinski definition) is 0. The Morgan fingerprint density at radius 3 is 0.809 bits per heavy atom. The summed E-state index contributed by atoms with van der Waals surface area (Å²) in [5, 5.41) is 17.9. The van der Waals surface area contributed by atoms with E-state index in [1.54, 1.807) is 24.8 Å². The third-order valence-corrected chi connectivity index (χ3v) is 7.03. The first-order chi connectivity index (χ1) is 21.2. The van der Waals surface area contributed by atoms with Gasteiger partial charge in [-0.1, -0.05) is 48.6 Å². The van der Waals surface area contributed by atoms with E-state index in [1.165, 1.54) is 12.8 Å². The molecule has 0 aromatic carbocycles. The van der Waals surface area contributed by atoms with Crippen LogP contribution in [0.1, 0.15) is 12.8 Å². The minimum Gasteiger partial charge on any atom is -0.379 e. The molecule has 4 aromatic heterocycles. The molecule has 0 saturated carbocycles. The van der Waals surface area contributed by atoms with Crippen molar-refractivity contribution in [1.29, 1.82) is 0 Å². The van der Waals surface area contributed by atoms with Crippen molar-refractivity contribution in [2.24, 2.45) is 23.7 Å². The maximum Gasteiger partial charge on any atom is 0.466 e. The van der Waals surface area contributed by atoms with Crippen molar-refractivity contribution in [2.45, 2.75) is 12.8 Å². The van der Waals surface area contributed by atoms with Crippen LogP contribution in [0.25, 0.3) is 0 Å². The molecule has 4 aliphatic rings. The molecule has 4 bridgehead atoms. The van der Waals surface area contributed by atoms with Crippen molar-refractivity contribution in [2.75, 3.05) is 5.34 Å². The standard InChI is InChI=1S/C12H12BN8.2C7H8.CH2Cl2.F6P.2Rh/c1-5-14-18(9-1)13(19-10-2-6-15-19,20-11-3-7-16-20)21-12-4-8-17-21;2*1-2-7-4-3-6(1)5-7;2-1-3;1-7(2,3,4,5)6;;/h1-12H;2*1-4,6-7H,5H2;1H2;;;/q-1;;;;-1;;. The van der Waals surface area contributed by atoms with Crippen LogP contribution < -0.4 is 0 Å². The molecule has 4 heterocycles. The number of allylic oxidation sites excluding steroid dienone is 8. The number of aromatic nitrogens is 8. The maximum atomic E-state index is 9.87. The first-order valence-electron chi connectivity index (χ1n) is 13.7. The molecule has 0 fully saturated rings. The first-order valence-corrected chi connectivity index (χ1v) is 16.8. The van der Waals surface area contributed by atoms with E-state index in [4.69, 9.17) is 23.2 Å². The predicted octanol–water partition coefficient (Wildman–Crippen LogP) is 8.70. The molecule has 8 rings (SSSR count). The number of rotatable bonds is 4. The van der Waals surface area contributed by atoms with Gasteiger partial charge >= 0.3 is 39.7 Å². The van der Waals surface area contributed by atoms with Crippen LogP contribution in [0.4, 0.5) is 25.2 Å². The van der Waals surface area contributed by atoms with Crippen molar-refractivity contribution >= 4 is 37.7 Å². The van der Waals surface area contributed by atoms with Gasteiger partial charge in [0.25, 0.3) is 0 Å². The van der Waals surface area contributed by atoms with E-state index in [2.05, 4.69) is 69.0 Å². The number of hydrogen-bond acceptors (Lipinski definition) is 4. The summed E-state index contributed by atoms with van der Waals surface area (Å²) >= 11 is 9.53. The van der Waals surface area contributed by atoms with Crippen molar-refractivity contribution in [1.82, 2.24) is 38.8 Å². The second kappa shape index (κ2) is 16.4. The second-order valence-corrected chi connectivity index (χ2v) is 13.1. The van der Waals surface area contributed by atoms with E-state index >= 15 is 0 Å². The van der Waals surface area contributed by atoms with Gasteiger partial charge in [-0.15, -0.1) is 23.2 Å². The van der Waals surface area contributed by atoms with Crippen LogP contribution in [-0.2, 0) is 39.0 Å². The fraction of sp³-hybridized carbons (Fsp3) is 0.259. The van der Waals surface area contributed by atoms with Gasteiger partial charge < -0.3 is 18.4 Å². The third kappa shape index (κ3) is 12.6. The van der Waals surface area contributed by atoms with Crippen LogP contribution in [0.2, 0.25) is 0 Å². The number of halogens is 8. The van der Waals surface area contributed by atoms with E-state index < -0.39 is 14.5 Å². The Morgan fingerprint density at radius 2 is 0.702 bits per heavy atom. The Hall–Kier alpha value is -2.30. The maximum absolute atomic E-state index is 10.7. The van der Waals surface area contributed by atoms with Gasteiger partial charge in [0.15, 0.2) is 0 Å². The second-order valence-electron chi connectivity index (χ2n) is 10.4. The molecule has 47 heavy (non-hydrogen) atoms. The van der Waals surface area contributed by atoms with Crippen LogP contribution in [-0.4, -0.2) is 50.8 Å².